The minimum Gasteiger partial charge on any atom is -0.481 e. The highest BCUT2D eigenvalue weighted by atomic mass is 32.2. The fourth-order valence-electron chi connectivity index (χ4n) is 3.20. The molecule has 0 aromatic rings. The lowest BCUT2D eigenvalue weighted by Gasteiger charge is -2.17. The van der Waals surface area contributed by atoms with Gasteiger partial charge in [0.05, 0.1) is 6.42 Å². The van der Waals surface area contributed by atoms with E-state index >= 15 is 0 Å². The molecule has 2 atom stereocenters. The molecule has 0 aliphatic carbocycles. The van der Waals surface area contributed by atoms with Crippen molar-refractivity contribution < 1.29 is 15.0 Å². The number of aliphatic hydroxyl groups excluding tert-OH is 1. The van der Waals surface area contributed by atoms with E-state index in [-0.39, 0.29) is 12.3 Å². The first-order chi connectivity index (χ1) is 14.8. The molecular formula is C25H48N2O3S. The maximum Gasteiger partial charge on any atom is 0.303 e. The molecule has 0 aliphatic rings. The van der Waals surface area contributed by atoms with Gasteiger partial charge in [-0.1, -0.05) is 45.9 Å². The fraction of sp³-hybridized carbons (Fsp3) is 0.720. The number of rotatable bonds is 17. The molecule has 5 nitrogen and oxygen atoms in total. The normalized spacial score (nSPS) is 14.4. The summed E-state index contributed by atoms with van der Waals surface area (Å²) in [6, 6.07) is 0. The van der Waals surface area contributed by atoms with E-state index in [2.05, 4.69) is 45.3 Å². The summed E-state index contributed by atoms with van der Waals surface area (Å²) in [5.41, 5.74) is 8.59. The molecule has 6 heteroatoms. The van der Waals surface area contributed by atoms with Crippen molar-refractivity contribution in [2.75, 3.05) is 26.0 Å². The summed E-state index contributed by atoms with van der Waals surface area (Å²) in [4.78, 5) is 11.0. The molecule has 0 saturated heterocycles. The van der Waals surface area contributed by atoms with E-state index in [4.69, 9.17) is 15.9 Å². The molecule has 0 radical (unpaired) electrons. The van der Waals surface area contributed by atoms with E-state index in [1.54, 1.807) is 0 Å². The lowest BCUT2D eigenvalue weighted by molar-refractivity contribution is -0.137. The smallest absolute Gasteiger partial charge is 0.303 e. The van der Waals surface area contributed by atoms with Gasteiger partial charge in [0.1, 0.15) is 0 Å². The Hall–Kier alpha value is -1.24. The van der Waals surface area contributed by atoms with Crippen molar-refractivity contribution in [2.45, 2.75) is 78.4 Å². The molecule has 0 spiro atoms. The first kappa shape index (κ1) is 31.9. The monoisotopic (exact) mass is 456 g/mol. The van der Waals surface area contributed by atoms with Crippen LogP contribution in [0.25, 0.3) is 0 Å². The first-order valence-electron chi connectivity index (χ1n) is 11.6. The largest absolute Gasteiger partial charge is 0.481 e. The third-order valence-electron chi connectivity index (χ3n) is 4.76. The van der Waals surface area contributed by atoms with Crippen molar-refractivity contribution >= 4 is 17.7 Å². The van der Waals surface area contributed by atoms with Gasteiger partial charge >= 0.3 is 5.97 Å². The summed E-state index contributed by atoms with van der Waals surface area (Å²) in [5, 5.41) is 20.0. The standard InChI is InChI=1S/C24H44N2O2S.CH4O/c1-6-9-21(16-24(27)28)11-8-14-29-20(5)15-22(10-7-2)23(17-25)18-26-13-12-19(3)4;1-2/h6,9-10,18-21,26H,7-8,11-17,25H2,1-5H3,(H,27,28);2H,1H3/b9-6-,22-10+,23-18+;. The number of allylic oxidation sites excluding steroid dienone is 3. The molecule has 0 fully saturated rings. The van der Waals surface area contributed by atoms with Gasteiger partial charge < -0.3 is 21.3 Å². The maximum atomic E-state index is 11.0. The summed E-state index contributed by atoms with van der Waals surface area (Å²) in [6.45, 7) is 12.4. The second-order valence-corrected chi connectivity index (χ2v) is 9.61. The Bertz CT molecular complexity index is 531. The zero-order valence-corrected chi connectivity index (χ0v) is 21.5. The Balaban J connectivity index is 0. The van der Waals surface area contributed by atoms with E-state index in [1.165, 1.54) is 11.1 Å². The number of hydrogen-bond acceptors (Lipinski definition) is 5. The second kappa shape index (κ2) is 22.0. The molecule has 0 amide bonds. The average molecular weight is 457 g/mol. The number of hydrogen-bond donors (Lipinski definition) is 4. The number of nitrogens with two attached hydrogens (primary N) is 1. The van der Waals surface area contributed by atoms with Gasteiger partial charge in [-0.3, -0.25) is 4.79 Å². The van der Waals surface area contributed by atoms with Crippen LogP contribution in [0.2, 0.25) is 0 Å². The van der Waals surface area contributed by atoms with Crippen LogP contribution in [-0.2, 0) is 4.79 Å². The van der Waals surface area contributed by atoms with Crippen molar-refractivity contribution in [3.63, 3.8) is 0 Å². The van der Waals surface area contributed by atoms with Crippen molar-refractivity contribution in [1.29, 1.82) is 0 Å². The molecule has 0 rings (SSSR count). The number of thioether (sulfide) groups is 1. The molecule has 31 heavy (non-hydrogen) atoms. The van der Waals surface area contributed by atoms with E-state index in [0.717, 1.165) is 51.5 Å². The number of aliphatic hydroxyl groups is 1. The molecule has 0 bridgehead atoms. The van der Waals surface area contributed by atoms with Crippen LogP contribution in [0.5, 0.6) is 0 Å². The molecule has 0 aliphatic heterocycles. The minimum absolute atomic E-state index is 0.146. The van der Waals surface area contributed by atoms with Crippen LogP contribution in [0.1, 0.15) is 73.1 Å². The average Bonchev–Trinajstić information content (AvgIpc) is 2.72. The van der Waals surface area contributed by atoms with Crippen LogP contribution in [0.3, 0.4) is 0 Å². The van der Waals surface area contributed by atoms with Crippen molar-refractivity contribution in [2.24, 2.45) is 17.6 Å². The zero-order valence-electron chi connectivity index (χ0n) is 20.7. The lowest BCUT2D eigenvalue weighted by Crippen LogP contribution is -2.16. The first-order valence-corrected chi connectivity index (χ1v) is 12.6. The van der Waals surface area contributed by atoms with Gasteiger partial charge in [-0.2, -0.15) is 11.8 Å². The van der Waals surface area contributed by atoms with Crippen LogP contribution in [0.4, 0.5) is 0 Å². The Morgan fingerprint density at radius 1 is 1.13 bits per heavy atom. The van der Waals surface area contributed by atoms with Crippen LogP contribution >= 0.6 is 11.8 Å². The Morgan fingerprint density at radius 2 is 1.81 bits per heavy atom. The van der Waals surface area contributed by atoms with Crippen molar-refractivity contribution in [1.82, 2.24) is 5.32 Å². The molecule has 0 saturated carbocycles. The lowest BCUT2D eigenvalue weighted by atomic mass is 9.99. The predicted molar refractivity (Wildman–Crippen MR) is 137 cm³/mol. The van der Waals surface area contributed by atoms with E-state index in [9.17, 15) is 4.79 Å². The molecule has 182 valence electrons. The van der Waals surface area contributed by atoms with Crippen molar-refractivity contribution in [3.05, 3.63) is 35.6 Å². The number of carboxylic acids is 1. The highest BCUT2D eigenvalue weighted by Crippen LogP contribution is 2.25. The van der Waals surface area contributed by atoms with Gasteiger partial charge in [0, 0.05) is 31.6 Å². The minimum atomic E-state index is -0.716. The highest BCUT2D eigenvalue weighted by Gasteiger charge is 2.12. The molecule has 0 aromatic carbocycles. The number of carboxylic acid groups (broad SMARTS) is 1. The predicted octanol–water partition coefficient (Wildman–Crippen LogP) is 5.37. The van der Waals surface area contributed by atoms with Crippen LogP contribution in [0, 0.1) is 11.8 Å². The van der Waals surface area contributed by atoms with Gasteiger partial charge in [0.2, 0.25) is 0 Å². The van der Waals surface area contributed by atoms with Crippen LogP contribution in [-0.4, -0.2) is 47.4 Å². The topological polar surface area (TPSA) is 95.6 Å². The third-order valence-corrected chi connectivity index (χ3v) is 6.02. The Kier molecular flexibility index (Phi) is 22.6. The third kappa shape index (κ3) is 19.2. The quantitative estimate of drug-likeness (QED) is 0.133. The summed E-state index contributed by atoms with van der Waals surface area (Å²) < 4.78 is 0. The number of nitrogens with one attached hydrogen (secondary N) is 1. The summed E-state index contributed by atoms with van der Waals surface area (Å²) in [7, 11) is 1.00. The maximum absolute atomic E-state index is 11.0. The molecule has 0 aromatic heterocycles. The SMILES string of the molecule is C/C=C\C(CCCSC(C)CC(=C\CC)/C(=C/NCCC(C)C)CN)CC(=O)O.CO. The van der Waals surface area contributed by atoms with Gasteiger partial charge in [0.25, 0.3) is 0 Å². The Morgan fingerprint density at radius 3 is 2.32 bits per heavy atom. The van der Waals surface area contributed by atoms with E-state index in [1.807, 2.05) is 30.8 Å². The van der Waals surface area contributed by atoms with Gasteiger partial charge in [-0.25, -0.2) is 0 Å². The zero-order chi connectivity index (χ0) is 24.1. The van der Waals surface area contributed by atoms with E-state index in [0.29, 0.717) is 17.7 Å². The molecule has 0 heterocycles. The Labute approximate surface area is 195 Å². The van der Waals surface area contributed by atoms with Gasteiger partial charge in [-0.15, -0.1) is 0 Å². The van der Waals surface area contributed by atoms with Gasteiger partial charge in [0.15, 0.2) is 0 Å². The molecule has 2 unspecified atom stereocenters. The number of aliphatic carboxylic acids is 1. The summed E-state index contributed by atoms with van der Waals surface area (Å²) >= 11 is 1.97. The fourth-order valence-corrected chi connectivity index (χ4v) is 4.24. The van der Waals surface area contributed by atoms with Crippen LogP contribution < -0.4 is 11.1 Å². The number of carbonyl (C=O) groups is 1. The van der Waals surface area contributed by atoms with E-state index < -0.39 is 5.97 Å². The summed E-state index contributed by atoms with van der Waals surface area (Å²) in [5.74, 6) is 1.18. The van der Waals surface area contributed by atoms with Crippen LogP contribution in [0.15, 0.2) is 35.6 Å². The second-order valence-electron chi connectivity index (χ2n) is 8.06. The van der Waals surface area contributed by atoms with Gasteiger partial charge in [-0.05, 0) is 67.8 Å². The van der Waals surface area contributed by atoms with Crippen molar-refractivity contribution in [3.8, 4) is 0 Å². The summed E-state index contributed by atoms with van der Waals surface area (Å²) in [6.07, 6.45) is 13.8. The molecule has 5 N–H and O–H groups in total. The molecular weight excluding hydrogens is 408 g/mol. The highest BCUT2D eigenvalue weighted by molar-refractivity contribution is 7.99.